The van der Waals surface area contributed by atoms with Crippen LogP contribution in [0.3, 0.4) is 0 Å². The van der Waals surface area contributed by atoms with Crippen molar-refractivity contribution in [2.24, 2.45) is 4.99 Å². The van der Waals surface area contributed by atoms with Crippen LogP contribution in [0.1, 0.15) is 31.9 Å². The number of benzene rings is 2. The van der Waals surface area contributed by atoms with E-state index >= 15 is 0 Å². The van der Waals surface area contributed by atoms with Gasteiger partial charge in [0.1, 0.15) is 0 Å². The molecule has 3 rings (SSSR count). The van der Waals surface area contributed by atoms with E-state index in [4.69, 9.17) is 4.99 Å². The second kappa shape index (κ2) is 4.78. The minimum absolute atomic E-state index is 0.0438. The third-order valence-electron chi connectivity index (χ3n) is 3.35. The van der Waals surface area contributed by atoms with Gasteiger partial charge in [0.25, 0.3) is 0 Å². The minimum Gasteiger partial charge on any atom is -0.380 e. The van der Waals surface area contributed by atoms with Crippen LogP contribution in [0, 0.1) is 0 Å². The Bertz CT molecular complexity index is 663. The molecule has 1 aliphatic heterocycles. The lowest BCUT2D eigenvalue weighted by atomic mass is 10.0. The SMILES string of the molecule is CC(C)(C)Nc1ccccc1C1=Nc2ccccc2C1. The van der Waals surface area contributed by atoms with Crippen molar-refractivity contribution >= 4 is 17.1 Å². The number of fused-ring (bicyclic) bond motifs is 1. The number of anilines is 1. The maximum absolute atomic E-state index is 4.79. The molecule has 102 valence electrons. The molecule has 2 aromatic carbocycles. The van der Waals surface area contributed by atoms with E-state index in [0.29, 0.717) is 0 Å². The standard InChI is InChI=1S/C18H20N2/c1-18(2,3)20-16-11-7-5-9-14(16)17-12-13-8-4-6-10-15(13)19-17/h4-11,20H,12H2,1-3H3. The predicted molar refractivity (Wildman–Crippen MR) is 86.2 cm³/mol. The molecule has 2 heteroatoms. The van der Waals surface area contributed by atoms with Crippen molar-refractivity contribution in [2.75, 3.05) is 5.32 Å². The van der Waals surface area contributed by atoms with Gasteiger partial charge in [-0.05, 0) is 38.5 Å². The first-order valence-corrected chi connectivity index (χ1v) is 7.06. The zero-order chi connectivity index (χ0) is 14.2. The summed E-state index contributed by atoms with van der Waals surface area (Å²) >= 11 is 0. The van der Waals surface area contributed by atoms with E-state index in [2.05, 4.69) is 68.6 Å². The van der Waals surface area contributed by atoms with Crippen LogP contribution in [0.25, 0.3) is 0 Å². The molecular formula is C18H20N2. The summed E-state index contributed by atoms with van der Waals surface area (Å²) in [5.41, 5.74) is 5.98. The van der Waals surface area contributed by atoms with Crippen molar-refractivity contribution in [3.8, 4) is 0 Å². The van der Waals surface area contributed by atoms with E-state index in [0.717, 1.165) is 23.5 Å². The first-order chi connectivity index (χ1) is 9.53. The van der Waals surface area contributed by atoms with Crippen LogP contribution < -0.4 is 5.32 Å². The van der Waals surface area contributed by atoms with Gasteiger partial charge in [0, 0.05) is 23.2 Å². The average molecular weight is 264 g/mol. The lowest BCUT2D eigenvalue weighted by Crippen LogP contribution is -2.27. The highest BCUT2D eigenvalue weighted by molar-refractivity contribution is 6.10. The van der Waals surface area contributed by atoms with Gasteiger partial charge in [0.05, 0.1) is 11.4 Å². The summed E-state index contributed by atoms with van der Waals surface area (Å²) in [5, 5.41) is 3.57. The van der Waals surface area contributed by atoms with Gasteiger partial charge in [0.15, 0.2) is 0 Å². The third-order valence-corrected chi connectivity index (χ3v) is 3.35. The summed E-state index contributed by atoms with van der Waals surface area (Å²) in [4.78, 5) is 4.79. The molecule has 1 N–H and O–H groups in total. The fourth-order valence-corrected chi connectivity index (χ4v) is 2.54. The Hall–Kier alpha value is -2.09. The zero-order valence-corrected chi connectivity index (χ0v) is 12.3. The number of nitrogens with zero attached hydrogens (tertiary/aromatic N) is 1. The molecular weight excluding hydrogens is 244 g/mol. The van der Waals surface area contributed by atoms with E-state index in [1.807, 2.05) is 6.07 Å². The van der Waals surface area contributed by atoms with Crippen LogP contribution in [0.4, 0.5) is 11.4 Å². The van der Waals surface area contributed by atoms with E-state index in [9.17, 15) is 0 Å². The second-order valence-electron chi connectivity index (χ2n) is 6.28. The third kappa shape index (κ3) is 2.60. The molecule has 2 aromatic rings. The lowest BCUT2D eigenvalue weighted by Gasteiger charge is -2.24. The van der Waals surface area contributed by atoms with E-state index in [-0.39, 0.29) is 5.54 Å². The number of para-hydroxylation sites is 2. The van der Waals surface area contributed by atoms with Crippen LogP contribution in [0.5, 0.6) is 0 Å². The Morgan fingerprint density at radius 3 is 2.40 bits per heavy atom. The Balaban J connectivity index is 1.97. The molecule has 1 aliphatic rings. The fourth-order valence-electron chi connectivity index (χ4n) is 2.54. The van der Waals surface area contributed by atoms with Crippen LogP contribution in [0.15, 0.2) is 53.5 Å². The molecule has 0 spiro atoms. The smallest absolute Gasteiger partial charge is 0.0669 e. The molecule has 2 nitrogen and oxygen atoms in total. The van der Waals surface area contributed by atoms with Gasteiger partial charge in [-0.2, -0.15) is 0 Å². The molecule has 0 saturated heterocycles. The minimum atomic E-state index is 0.0438. The van der Waals surface area contributed by atoms with E-state index < -0.39 is 0 Å². The number of hydrogen-bond donors (Lipinski definition) is 1. The number of rotatable bonds is 2. The molecule has 0 aromatic heterocycles. The summed E-state index contributed by atoms with van der Waals surface area (Å²) in [6.45, 7) is 6.53. The topological polar surface area (TPSA) is 24.4 Å². The number of nitrogens with one attached hydrogen (secondary N) is 1. The van der Waals surface area contributed by atoms with Crippen LogP contribution >= 0.6 is 0 Å². The Morgan fingerprint density at radius 1 is 0.950 bits per heavy atom. The zero-order valence-electron chi connectivity index (χ0n) is 12.3. The summed E-state index contributed by atoms with van der Waals surface area (Å²) in [5.74, 6) is 0. The maximum atomic E-state index is 4.79. The molecule has 0 amide bonds. The number of aliphatic imine (C=N–C) groups is 1. The van der Waals surface area contributed by atoms with Crippen LogP contribution in [-0.2, 0) is 6.42 Å². The average Bonchev–Trinajstić information content (AvgIpc) is 2.81. The molecule has 1 heterocycles. The van der Waals surface area contributed by atoms with Crippen molar-refractivity contribution in [2.45, 2.75) is 32.7 Å². The quantitative estimate of drug-likeness (QED) is 0.844. The van der Waals surface area contributed by atoms with Crippen molar-refractivity contribution < 1.29 is 0 Å². The summed E-state index contributed by atoms with van der Waals surface area (Å²) in [6, 6.07) is 16.8. The molecule has 0 bridgehead atoms. The van der Waals surface area contributed by atoms with Crippen molar-refractivity contribution in [3.05, 3.63) is 59.7 Å². The van der Waals surface area contributed by atoms with Crippen molar-refractivity contribution in [1.82, 2.24) is 0 Å². The highest BCUT2D eigenvalue weighted by atomic mass is 15.0. The van der Waals surface area contributed by atoms with Crippen molar-refractivity contribution in [1.29, 1.82) is 0 Å². The van der Waals surface area contributed by atoms with Crippen LogP contribution in [-0.4, -0.2) is 11.3 Å². The predicted octanol–water partition coefficient (Wildman–Crippen LogP) is 4.57. The fraction of sp³-hybridized carbons (Fsp3) is 0.278. The molecule has 0 radical (unpaired) electrons. The molecule has 0 fully saturated rings. The van der Waals surface area contributed by atoms with Crippen molar-refractivity contribution in [3.63, 3.8) is 0 Å². The van der Waals surface area contributed by atoms with E-state index in [1.165, 1.54) is 11.1 Å². The maximum Gasteiger partial charge on any atom is 0.0669 e. The first kappa shape index (κ1) is 12.9. The molecule has 0 atom stereocenters. The molecule has 0 saturated carbocycles. The highest BCUT2D eigenvalue weighted by Crippen LogP contribution is 2.31. The highest BCUT2D eigenvalue weighted by Gasteiger charge is 2.19. The summed E-state index contributed by atoms with van der Waals surface area (Å²) in [6.07, 6.45) is 0.916. The van der Waals surface area contributed by atoms with Crippen LogP contribution in [0.2, 0.25) is 0 Å². The Kier molecular flexibility index (Phi) is 3.09. The van der Waals surface area contributed by atoms with Gasteiger partial charge in [-0.15, -0.1) is 0 Å². The number of hydrogen-bond acceptors (Lipinski definition) is 2. The Morgan fingerprint density at radius 2 is 1.65 bits per heavy atom. The normalized spacial score (nSPS) is 13.8. The molecule has 20 heavy (non-hydrogen) atoms. The Labute approximate surface area is 120 Å². The molecule has 0 unspecified atom stereocenters. The second-order valence-corrected chi connectivity index (χ2v) is 6.28. The van der Waals surface area contributed by atoms with Gasteiger partial charge < -0.3 is 5.32 Å². The van der Waals surface area contributed by atoms with Gasteiger partial charge in [-0.3, -0.25) is 4.99 Å². The molecule has 0 aliphatic carbocycles. The lowest BCUT2D eigenvalue weighted by molar-refractivity contribution is 0.634. The van der Waals surface area contributed by atoms with Gasteiger partial charge in [0.2, 0.25) is 0 Å². The summed E-state index contributed by atoms with van der Waals surface area (Å²) < 4.78 is 0. The van der Waals surface area contributed by atoms with Gasteiger partial charge >= 0.3 is 0 Å². The van der Waals surface area contributed by atoms with Gasteiger partial charge in [-0.25, -0.2) is 0 Å². The monoisotopic (exact) mass is 264 g/mol. The largest absolute Gasteiger partial charge is 0.380 e. The van der Waals surface area contributed by atoms with Gasteiger partial charge in [-0.1, -0.05) is 36.4 Å². The summed E-state index contributed by atoms with van der Waals surface area (Å²) in [7, 11) is 0. The van der Waals surface area contributed by atoms with E-state index in [1.54, 1.807) is 0 Å². The first-order valence-electron chi connectivity index (χ1n) is 7.06.